The maximum absolute atomic E-state index is 6.07. The van der Waals surface area contributed by atoms with E-state index in [1.807, 2.05) is 12.1 Å². The largest absolute Gasteiger partial charge is 0.489 e. The SMILES string of the molecule is Cc1ccc(C)c([C@H]2N=C(N)Nc3nc4cc5c(cc4n32)OCCCO5)c1. The number of aryl methyl sites for hydroxylation is 2. The second-order valence-corrected chi connectivity index (χ2v) is 7.02. The van der Waals surface area contributed by atoms with E-state index in [1.165, 1.54) is 5.56 Å². The zero-order valence-electron chi connectivity index (χ0n) is 15.3. The minimum Gasteiger partial charge on any atom is -0.489 e. The number of nitrogens with one attached hydrogen (secondary N) is 1. The van der Waals surface area contributed by atoms with Gasteiger partial charge >= 0.3 is 0 Å². The van der Waals surface area contributed by atoms with Gasteiger partial charge in [-0.1, -0.05) is 23.8 Å². The zero-order chi connectivity index (χ0) is 18.5. The standard InChI is InChI=1S/C20H21N5O2/c1-11-4-5-12(2)13(8-11)18-23-19(21)24-20-22-14-9-16-17(10-15(14)25(18)20)27-7-3-6-26-16/h4-5,8-10,18H,3,6-7H2,1-2H3,(H3,21,22,23,24)/t18-/m0/s1. The van der Waals surface area contributed by atoms with Crippen molar-refractivity contribution < 1.29 is 9.47 Å². The van der Waals surface area contributed by atoms with Gasteiger partial charge in [0.1, 0.15) is 0 Å². The number of anilines is 1. The number of hydrogen-bond acceptors (Lipinski definition) is 6. The van der Waals surface area contributed by atoms with Crippen LogP contribution in [-0.4, -0.2) is 28.7 Å². The lowest BCUT2D eigenvalue weighted by Crippen LogP contribution is -2.31. The Morgan fingerprint density at radius 2 is 1.89 bits per heavy atom. The Bertz CT molecular complexity index is 1090. The fraction of sp³-hybridized carbons (Fsp3) is 0.300. The summed E-state index contributed by atoms with van der Waals surface area (Å²) in [5.41, 5.74) is 11.3. The van der Waals surface area contributed by atoms with E-state index in [-0.39, 0.29) is 6.17 Å². The van der Waals surface area contributed by atoms with Crippen LogP contribution in [0.3, 0.4) is 0 Å². The van der Waals surface area contributed by atoms with Crippen molar-refractivity contribution in [3.05, 3.63) is 47.0 Å². The first kappa shape index (κ1) is 16.0. The number of aromatic nitrogens is 2. The molecule has 0 saturated carbocycles. The highest BCUT2D eigenvalue weighted by Crippen LogP contribution is 2.39. The molecule has 0 amide bonds. The summed E-state index contributed by atoms with van der Waals surface area (Å²) in [5.74, 6) is 2.50. The molecule has 2 aliphatic rings. The molecular weight excluding hydrogens is 342 g/mol. The minimum atomic E-state index is -0.282. The van der Waals surface area contributed by atoms with Gasteiger partial charge in [0, 0.05) is 24.1 Å². The molecule has 0 bridgehead atoms. The van der Waals surface area contributed by atoms with Gasteiger partial charge in [-0.15, -0.1) is 0 Å². The van der Waals surface area contributed by atoms with E-state index in [4.69, 9.17) is 20.2 Å². The summed E-state index contributed by atoms with van der Waals surface area (Å²) in [7, 11) is 0. The van der Waals surface area contributed by atoms with E-state index in [9.17, 15) is 0 Å². The Hall–Kier alpha value is -3.22. The van der Waals surface area contributed by atoms with Crippen molar-refractivity contribution in [2.75, 3.05) is 18.5 Å². The molecule has 3 N–H and O–H groups in total. The molecule has 1 atom stereocenters. The predicted molar refractivity (Wildman–Crippen MR) is 105 cm³/mol. The van der Waals surface area contributed by atoms with Crippen LogP contribution < -0.4 is 20.5 Å². The molecule has 0 spiro atoms. The molecule has 7 heteroatoms. The molecule has 0 fully saturated rings. The van der Waals surface area contributed by atoms with Crippen molar-refractivity contribution in [3.63, 3.8) is 0 Å². The Labute approximate surface area is 156 Å². The number of rotatable bonds is 1. The quantitative estimate of drug-likeness (QED) is 0.694. The summed E-state index contributed by atoms with van der Waals surface area (Å²) in [6, 6.07) is 10.3. The third kappa shape index (κ3) is 2.58. The number of nitrogens with zero attached hydrogens (tertiary/aromatic N) is 3. The van der Waals surface area contributed by atoms with Gasteiger partial charge in [-0.25, -0.2) is 9.98 Å². The maximum atomic E-state index is 6.07. The normalized spacial score (nSPS) is 18.4. The molecular formula is C20H21N5O2. The molecule has 1 aromatic heterocycles. The minimum absolute atomic E-state index is 0.282. The predicted octanol–water partition coefficient (Wildman–Crippen LogP) is 3.10. The van der Waals surface area contributed by atoms with Gasteiger partial charge in [-0.3, -0.25) is 9.88 Å². The first-order valence-electron chi connectivity index (χ1n) is 9.09. The number of ether oxygens (including phenoxy) is 2. The topological polar surface area (TPSA) is 86.7 Å². The van der Waals surface area contributed by atoms with Crippen LogP contribution in [0.2, 0.25) is 0 Å². The third-order valence-electron chi connectivity index (χ3n) is 5.02. The molecule has 27 heavy (non-hydrogen) atoms. The lowest BCUT2D eigenvalue weighted by Gasteiger charge is -2.25. The second-order valence-electron chi connectivity index (χ2n) is 7.02. The number of hydrogen-bond donors (Lipinski definition) is 2. The van der Waals surface area contributed by atoms with Crippen molar-refractivity contribution in [2.24, 2.45) is 10.7 Å². The van der Waals surface area contributed by atoms with Crippen LogP contribution in [0.1, 0.15) is 29.3 Å². The van der Waals surface area contributed by atoms with E-state index in [1.54, 1.807) is 0 Å². The molecule has 0 radical (unpaired) electrons. The highest BCUT2D eigenvalue weighted by Gasteiger charge is 2.27. The van der Waals surface area contributed by atoms with Gasteiger partial charge in [0.05, 0.1) is 24.2 Å². The average Bonchev–Trinajstić information content (AvgIpc) is 2.82. The van der Waals surface area contributed by atoms with Crippen molar-refractivity contribution in [1.29, 1.82) is 0 Å². The summed E-state index contributed by atoms with van der Waals surface area (Å²) in [6.07, 6.45) is 0.585. The summed E-state index contributed by atoms with van der Waals surface area (Å²) < 4.78 is 13.8. The van der Waals surface area contributed by atoms with E-state index in [0.29, 0.717) is 25.1 Å². The molecule has 0 saturated heterocycles. The monoisotopic (exact) mass is 363 g/mol. The Morgan fingerprint density at radius 3 is 2.70 bits per heavy atom. The van der Waals surface area contributed by atoms with Crippen LogP contribution >= 0.6 is 0 Å². The van der Waals surface area contributed by atoms with Crippen LogP contribution in [0, 0.1) is 13.8 Å². The first-order chi connectivity index (χ1) is 13.1. The Morgan fingerprint density at radius 1 is 1.11 bits per heavy atom. The van der Waals surface area contributed by atoms with E-state index >= 15 is 0 Å². The molecule has 7 nitrogen and oxygen atoms in total. The summed E-state index contributed by atoms with van der Waals surface area (Å²) in [6.45, 7) is 5.45. The highest BCUT2D eigenvalue weighted by atomic mass is 16.5. The van der Waals surface area contributed by atoms with Gasteiger partial charge in [0.15, 0.2) is 23.6 Å². The second kappa shape index (κ2) is 5.90. The van der Waals surface area contributed by atoms with Crippen LogP contribution in [0.25, 0.3) is 11.0 Å². The van der Waals surface area contributed by atoms with Gasteiger partial charge in [-0.2, -0.15) is 0 Å². The third-order valence-corrected chi connectivity index (χ3v) is 5.02. The van der Waals surface area contributed by atoms with Crippen LogP contribution in [0.5, 0.6) is 11.5 Å². The lowest BCUT2D eigenvalue weighted by molar-refractivity contribution is 0.297. The van der Waals surface area contributed by atoms with Gasteiger partial charge in [-0.05, 0) is 19.4 Å². The number of imidazole rings is 1. The van der Waals surface area contributed by atoms with Gasteiger partial charge in [0.2, 0.25) is 5.95 Å². The number of guanidine groups is 1. The zero-order valence-corrected chi connectivity index (χ0v) is 15.3. The van der Waals surface area contributed by atoms with Crippen molar-refractivity contribution in [3.8, 4) is 11.5 Å². The summed E-state index contributed by atoms with van der Waals surface area (Å²) >= 11 is 0. The Balaban J connectivity index is 1.74. The van der Waals surface area contributed by atoms with Crippen LogP contribution in [-0.2, 0) is 0 Å². The molecule has 2 aromatic carbocycles. The van der Waals surface area contributed by atoms with Gasteiger partial charge in [0.25, 0.3) is 0 Å². The van der Waals surface area contributed by atoms with E-state index in [0.717, 1.165) is 40.1 Å². The molecule has 2 aliphatic heterocycles. The lowest BCUT2D eigenvalue weighted by atomic mass is 10.0. The Kier molecular flexibility index (Phi) is 3.50. The number of fused-ring (bicyclic) bond motifs is 4. The first-order valence-corrected chi connectivity index (χ1v) is 9.09. The van der Waals surface area contributed by atoms with Gasteiger partial charge < -0.3 is 15.2 Å². The maximum Gasteiger partial charge on any atom is 0.212 e. The van der Waals surface area contributed by atoms with Crippen molar-refractivity contribution in [1.82, 2.24) is 9.55 Å². The fourth-order valence-electron chi connectivity index (χ4n) is 3.67. The molecule has 0 aliphatic carbocycles. The van der Waals surface area contributed by atoms with Crippen LogP contribution in [0.4, 0.5) is 5.95 Å². The summed E-state index contributed by atoms with van der Waals surface area (Å²) in [5, 5.41) is 3.08. The number of benzene rings is 2. The van der Waals surface area contributed by atoms with Crippen molar-refractivity contribution in [2.45, 2.75) is 26.4 Å². The number of aliphatic imine (C=N–C) groups is 1. The van der Waals surface area contributed by atoms with E-state index in [2.05, 4.69) is 46.9 Å². The average molecular weight is 363 g/mol. The smallest absolute Gasteiger partial charge is 0.212 e. The van der Waals surface area contributed by atoms with Crippen LogP contribution in [0.15, 0.2) is 35.3 Å². The highest BCUT2D eigenvalue weighted by molar-refractivity contribution is 5.95. The molecule has 3 aromatic rings. The molecule has 0 unspecified atom stereocenters. The van der Waals surface area contributed by atoms with E-state index < -0.39 is 0 Å². The van der Waals surface area contributed by atoms with Crippen molar-refractivity contribution >= 4 is 22.9 Å². The molecule has 5 rings (SSSR count). The fourth-order valence-corrected chi connectivity index (χ4v) is 3.67. The molecule has 3 heterocycles. The number of nitrogens with two attached hydrogens (primary N) is 1. The molecule has 138 valence electrons. The summed E-state index contributed by atoms with van der Waals surface area (Å²) in [4.78, 5) is 9.41.